The van der Waals surface area contributed by atoms with Gasteiger partial charge in [0.2, 0.25) is 0 Å². The summed E-state index contributed by atoms with van der Waals surface area (Å²) in [5, 5.41) is 9.44. The molecule has 3 heteroatoms. The van der Waals surface area contributed by atoms with Gasteiger partial charge in [-0.25, -0.2) is 0 Å². The van der Waals surface area contributed by atoms with Gasteiger partial charge in [-0.2, -0.15) is 0 Å². The zero-order valence-corrected chi connectivity index (χ0v) is 10.1. The van der Waals surface area contributed by atoms with Gasteiger partial charge in [0, 0.05) is 5.69 Å². The Bertz CT molecular complexity index is 395. The molecule has 88 valence electrons. The predicted molar refractivity (Wildman–Crippen MR) is 65.5 cm³/mol. The molecule has 0 unspecified atom stereocenters. The lowest BCUT2D eigenvalue weighted by Gasteiger charge is -2.28. The Morgan fingerprint density at radius 3 is 2.38 bits per heavy atom. The molecule has 0 aliphatic rings. The minimum absolute atomic E-state index is 0.548. The standard InChI is InChI=1S/C13H19NO2/c1-4-13(5-2,12(15)16)10-8-9(3)6-7-11(10)14/h6-8H,4-5,14H2,1-3H3,(H,15,16). The third-order valence-corrected chi connectivity index (χ3v) is 3.34. The third kappa shape index (κ3) is 1.90. The molecule has 1 rings (SSSR count). The van der Waals surface area contributed by atoms with Crippen LogP contribution in [0.2, 0.25) is 0 Å². The van der Waals surface area contributed by atoms with Gasteiger partial charge in [-0.15, -0.1) is 0 Å². The average Bonchev–Trinajstić information content (AvgIpc) is 2.25. The Morgan fingerprint density at radius 1 is 1.38 bits per heavy atom. The van der Waals surface area contributed by atoms with E-state index in [-0.39, 0.29) is 0 Å². The number of hydrogen-bond acceptors (Lipinski definition) is 2. The summed E-state index contributed by atoms with van der Waals surface area (Å²) in [6.07, 6.45) is 1.10. The Balaban J connectivity index is 3.42. The molecule has 0 aliphatic carbocycles. The van der Waals surface area contributed by atoms with Gasteiger partial charge >= 0.3 is 5.97 Å². The van der Waals surface area contributed by atoms with Gasteiger partial charge < -0.3 is 10.8 Å². The van der Waals surface area contributed by atoms with E-state index in [1.54, 1.807) is 6.07 Å². The third-order valence-electron chi connectivity index (χ3n) is 3.34. The van der Waals surface area contributed by atoms with Crippen molar-refractivity contribution in [3.63, 3.8) is 0 Å². The molecule has 16 heavy (non-hydrogen) atoms. The van der Waals surface area contributed by atoms with Crippen LogP contribution in [-0.4, -0.2) is 11.1 Å². The van der Waals surface area contributed by atoms with E-state index >= 15 is 0 Å². The fourth-order valence-corrected chi connectivity index (χ4v) is 2.13. The summed E-state index contributed by atoms with van der Waals surface area (Å²) in [6, 6.07) is 5.57. The number of carboxylic acid groups (broad SMARTS) is 1. The van der Waals surface area contributed by atoms with Gasteiger partial charge in [0.15, 0.2) is 0 Å². The minimum Gasteiger partial charge on any atom is -0.481 e. The Kier molecular flexibility index (Phi) is 3.58. The van der Waals surface area contributed by atoms with Gasteiger partial charge in [0.25, 0.3) is 0 Å². The maximum Gasteiger partial charge on any atom is 0.314 e. The van der Waals surface area contributed by atoms with Gasteiger partial charge in [0.1, 0.15) is 0 Å². The number of anilines is 1. The Morgan fingerprint density at radius 2 is 1.94 bits per heavy atom. The first kappa shape index (κ1) is 12.6. The van der Waals surface area contributed by atoms with Gasteiger partial charge in [0.05, 0.1) is 5.41 Å². The van der Waals surface area contributed by atoms with Crippen LogP contribution in [0.25, 0.3) is 0 Å². The highest BCUT2D eigenvalue weighted by Gasteiger charge is 2.38. The van der Waals surface area contributed by atoms with E-state index in [9.17, 15) is 9.90 Å². The molecule has 3 nitrogen and oxygen atoms in total. The maximum absolute atomic E-state index is 11.5. The predicted octanol–water partition coefficient (Wildman–Crippen LogP) is 2.72. The number of hydrogen-bond donors (Lipinski definition) is 2. The quantitative estimate of drug-likeness (QED) is 0.768. The molecule has 1 aromatic rings. The number of aliphatic carboxylic acids is 1. The van der Waals surface area contributed by atoms with E-state index < -0.39 is 11.4 Å². The lowest BCUT2D eigenvalue weighted by Crippen LogP contribution is -2.35. The fraction of sp³-hybridized carbons (Fsp3) is 0.462. The number of nitrogen functional groups attached to an aromatic ring is 1. The lowest BCUT2D eigenvalue weighted by atomic mass is 9.75. The molecular formula is C13H19NO2. The van der Waals surface area contributed by atoms with Crippen molar-refractivity contribution in [2.24, 2.45) is 0 Å². The van der Waals surface area contributed by atoms with Crippen LogP contribution in [0.3, 0.4) is 0 Å². The number of carboxylic acids is 1. The highest BCUT2D eigenvalue weighted by atomic mass is 16.4. The normalized spacial score (nSPS) is 11.4. The first-order valence-electron chi connectivity index (χ1n) is 5.58. The zero-order chi connectivity index (χ0) is 12.3. The van der Waals surface area contributed by atoms with Crippen LogP contribution in [0.1, 0.15) is 37.8 Å². The molecule has 1 aromatic carbocycles. The van der Waals surface area contributed by atoms with E-state index in [2.05, 4.69) is 0 Å². The number of benzene rings is 1. The molecule has 0 saturated carbocycles. The summed E-state index contributed by atoms with van der Waals surface area (Å²) >= 11 is 0. The summed E-state index contributed by atoms with van der Waals surface area (Å²) < 4.78 is 0. The van der Waals surface area contributed by atoms with E-state index in [1.807, 2.05) is 32.9 Å². The zero-order valence-electron chi connectivity index (χ0n) is 10.1. The summed E-state index contributed by atoms with van der Waals surface area (Å²) in [4.78, 5) is 11.5. The second-order valence-electron chi connectivity index (χ2n) is 4.19. The van der Waals surface area contributed by atoms with Crippen LogP contribution >= 0.6 is 0 Å². The molecule has 0 spiro atoms. The Labute approximate surface area is 96.3 Å². The second kappa shape index (κ2) is 4.56. The molecule has 0 aliphatic heterocycles. The van der Waals surface area contributed by atoms with Crippen LogP contribution in [-0.2, 0) is 10.2 Å². The van der Waals surface area contributed by atoms with E-state index in [1.165, 1.54) is 0 Å². The van der Waals surface area contributed by atoms with Crippen molar-refractivity contribution in [1.29, 1.82) is 0 Å². The smallest absolute Gasteiger partial charge is 0.314 e. The number of aryl methyl sites for hydroxylation is 1. The molecule has 0 amide bonds. The highest BCUT2D eigenvalue weighted by molar-refractivity contribution is 5.83. The van der Waals surface area contributed by atoms with Gasteiger partial charge in [-0.1, -0.05) is 31.5 Å². The average molecular weight is 221 g/mol. The molecule has 0 heterocycles. The first-order valence-corrected chi connectivity index (χ1v) is 5.58. The van der Waals surface area contributed by atoms with Crippen molar-refractivity contribution < 1.29 is 9.90 Å². The van der Waals surface area contributed by atoms with Crippen molar-refractivity contribution in [1.82, 2.24) is 0 Å². The van der Waals surface area contributed by atoms with Crippen molar-refractivity contribution in [3.05, 3.63) is 29.3 Å². The van der Waals surface area contributed by atoms with Gasteiger partial charge in [-0.05, 0) is 31.4 Å². The molecule has 0 bridgehead atoms. The summed E-state index contributed by atoms with van der Waals surface area (Å²) in [5.74, 6) is -0.796. The van der Waals surface area contributed by atoms with E-state index in [4.69, 9.17) is 5.73 Å². The summed E-state index contributed by atoms with van der Waals surface area (Å²) in [6.45, 7) is 5.72. The van der Waals surface area contributed by atoms with Crippen LogP contribution in [0.4, 0.5) is 5.69 Å². The molecule has 0 radical (unpaired) electrons. The van der Waals surface area contributed by atoms with Crippen molar-refractivity contribution in [3.8, 4) is 0 Å². The fourth-order valence-electron chi connectivity index (χ4n) is 2.13. The van der Waals surface area contributed by atoms with Crippen LogP contribution < -0.4 is 5.73 Å². The monoisotopic (exact) mass is 221 g/mol. The molecule has 3 N–H and O–H groups in total. The van der Waals surface area contributed by atoms with E-state index in [0.717, 1.165) is 11.1 Å². The topological polar surface area (TPSA) is 63.3 Å². The molecule has 0 atom stereocenters. The summed E-state index contributed by atoms with van der Waals surface area (Å²) in [7, 11) is 0. The molecule has 0 aromatic heterocycles. The SMILES string of the molecule is CCC(CC)(C(=O)O)c1cc(C)ccc1N. The van der Waals surface area contributed by atoms with Crippen molar-refractivity contribution in [2.45, 2.75) is 39.0 Å². The van der Waals surface area contributed by atoms with Crippen molar-refractivity contribution >= 4 is 11.7 Å². The molecular weight excluding hydrogens is 202 g/mol. The Hall–Kier alpha value is -1.51. The summed E-state index contributed by atoms with van der Waals surface area (Å²) in [5.41, 5.74) is 7.40. The van der Waals surface area contributed by atoms with Gasteiger partial charge in [-0.3, -0.25) is 4.79 Å². The number of carbonyl (C=O) groups is 1. The lowest BCUT2D eigenvalue weighted by molar-refractivity contribution is -0.144. The van der Waals surface area contributed by atoms with Crippen LogP contribution in [0.5, 0.6) is 0 Å². The first-order chi connectivity index (χ1) is 7.47. The minimum atomic E-state index is -0.851. The van der Waals surface area contributed by atoms with Crippen LogP contribution in [0.15, 0.2) is 18.2 Å². The second-order valence-corrected chi connectivity index (χ2v) is 4.19. The van der Waals surface area contributed by atoms with Crippen LogP contribution in [0, 0.1) is 6.92 Å². The number of rotatable bonds is 4. The largest absolute Gasteiger partial charge is 0.481 e. The maximum atomic E-state index is 11.5. The molecule has 0 fully saturated rings. The van der Waals surface area contributed by atoms with Crippen molar-refractivity contribution in [2.75, 3.05) is 5.73 Å². The highest BCUT2D eigenvalue weighted by Crippen LogP contribution is 2.36. The number of nitrogens with two attached hydrogens (primary N) is 1. The van der Waals surface area contributed by atoms with E-state index in [0.29, 0.717) is 18.5 Å². The molecule has 0 saturated heterocycles.